The van der Waals surface area contributed by atoms with E-state index in [9.17, 15) is 4.79 Å². The summed E-state index contributed by atoms with van der Waals surface area (Å²) in [6.07, 6.45) is 0.583. The van der Waals surface area contributed by atoms with Gasteiger partial charge in [0, 0.05) is 9.92 Å². The van der Waals surface area contributed by atoms with E-state index in [0.29, 0.717) is 24.0 Å². The number of rotatable bonds is 7. The van der Waals surface area contributed by atoms with Gasteiger partial charge < -0.3 is 4.74 Å². The van der Waals surface area contributed by atoms with Crippen molar-refractivity contribution in [2.24, 2.45) is 0 Å². The molecule has 0 aromatic heterocycles. The number of benzene rings is 2. The minimum Gasteiger partial charge on any atom is -0.465 e. The maximum absolute atomic E-state index is 12.6. The van der Waals surface area contributed by atoms with Gasteiger partial charge in [0.2, 0.25) is 0 Å². The highest BCUT2D eigenvalue weighted by molar-refractivity contribution is 8.01. The third-order valence-corrected chi connectivity index (χ3v) is 5.57. The number of hydrogen-bond donors (Lipinski definition) is 0. The number of hydrogen-bond acceptors (Lipinski definition) is 3. The van der Waals surface area contributed by atoms with E-state index in [4.69, 9.17) is 16.3 Å². The van der Waals surface area contributed by atoms with Crippen molar-refractivity contribution in [3.05, 3.63) is 64.7 Å². The van der Waals surface area contributed by atoms with Crippen LogP contribution in [-0.4, -0.2) is 17.3 Å². The molecule has 0 saturated heterocycles. The highest BCUT2D eigenvalue weighted by Gasteiger charge is 2.36. The number of thioether (sulfide) groups is 1. The van der Waals surface area contributed by atoms with Crippen LogP contribution in [0.5, 0.6) is 0 Å². The SMILES string of the molecule is CCOC(=O)C(C)(Cc1ccc(Cl)cc1)Sc1ccc(C(C)C)cc1. The van der Waals surface area contributed by atoms with Crippen LogP contribution in [0.15, 0.2) is 53.4 Å². The number of carbonyl (C=O) groups is 1. The maximum atomic E-state index is 12.6. The molecule has 2 nitrogen and oxygen atoms in total. The van der Waals surface area contributed by atoms with Crippen LogP contribution in [0.25, 0.3) is 0 Å². The Morgan fingerprint density at radius 1 is 1.12 bits per heavy atom. The van der Waals surface area contributed by atoms with Gasteiger partial charge in [0.25, 0.3) is 0 Å². The molecule has 0 bridgehead atoms. The van der Waals surface area contributed by atoms with E-state index in [-0.39, 0.29) is 5.97 Å². The van der Waals surface area contributed by atoms with Gasteiger partial charge >= 0.3 is 5.97 Å². The molecule has 0 saturated carbocycles. The van der Waals surface area contributed by atoms with Crippen LogP contribution in [-0.2, 0) is 16.0 Å². The second kappa shape index (κ2) is 8.77. The Morgan fingerprint density at radius 2 is 1.72 bits per heavy atom. The maximum Gasteiger partial charge on any atom is 0.322 e. The molecule has 134 valence electrons. The van der Waals surface area contributed by atoms with Gasteiger partial charge in [-0.15, -0.1) is 11.8 Å². The topological polar surface area (TPSA) is 26.3 Å². The van der Waals surface area contributed by atoms with Gasteiger partial charge in [0.15, 0.2) is 0 Å². The molecule has 0 radical (unpaired) electrons. The lowest BCUT2D eigenvalue weighted by molar-refractivity contribution is -0.145. The third kappa shape index (κ3) is 5.52. The summed E-state index contributed by atoms with van der Waals surface area (Å²) in [7, 11) is 0. The Kier molecular flexibility index (Phi) is 6.97. The number of ether oxygens (including phenoxy) is 1. The summed E-state index contributed by atoms with van der Waals surface area (Å²) >= 11 is 7.52. The summed E-state index contributed by atoms with van der Waals surface area (Å²) in [5.41, 5.74) is 2.35. The van der Waals surface area contributed by atoms with Crippen molar-refractivity contribution in [3.63, 3.8) is 0 Å². The van der Waals surface area contributed by atoms with Crippen molar-refractivity contribution in [1.29, 1.82) is 0 Å². The smallest absolute Gasteiger partial charge is 0.322 e. The highest BCUT2D eigenvalue weighted by atomic mass is 35.5. The van der Waals surface area contributed by atoms with Crippen molar-refractivity contribution in [2.75, 3.05) is 6.61 Å². The van der Waals surface area contributed by atoms with E-state index in [1.54, 1.807) is 11.8 Å². The minimum absolute atomic E-state index is 0.192. The summed E-state index contributed by atoms with van der Waals surface area (Å²) in [5.74, 6) is 0.299. The molecule has 0 fully saturated rings. The Balaban J connectivity index is 2.24. The summed E-state index contributed by atoms with van der Waals surface area (Å²) in [6, 6.07) is 16.0. The summed E-state index contributed by atoms with van der Waals surface area (Å²) < 4.78 is 4.66. The first kappa shape index (κ1) is 19.9. The van der Waals surface area contributed by atoms with Crippen LogP contribution in [0.4, 0.5) is 0 Å². The van der Waals surface area contributed by atoms with E-state index < -0.39 is 4.75 Å². The van der Waals surface area contributed by atoms with E-state index >= 15 is 0 Å². The van der Waals surface area contributed by atoms with Crippen LogP contribution >= 0.6 is 23.4 Å². The molecular weight excluding hydrogens is 352 g/mol. The van der Waals surface area contributed by atoms with Crippen LogP contribution in [0.3, 0.4) is 0 Å². The van der Waals surface area contributed by atoms with E-state index in [2.05, 4.69) is 38.1 Å². The Bertz CT molecular complexity index is 695. The fourth-order valence-corrected chi connectivity index (χ4v) is 3.91. The molecule has 0 aliphatic rings. The van der Waals surface area contributed by atoms with Gasteiger partial charge in [-0.05, 0) is 61.6 Å². The zero-order chi connectivity index (χ0) is 18.4. The fraction of sp³-hybridized carbons (Fsp3) is 0.381. The zero-order valence-corrected chi connectivity index (χ0v) is 16.8. The molecule has 0 aliphatic carbocycles. The molecule has 0 heterocycles. The second-order valence-corrected chi connectivity index (χ2v) is 8.59. The molecule has 0 spiro atoms. The van der Waals surface area contributed by atoms with Crippen LogP contribution in [0.1, 0.15) is 44.7 Å². The van der Waals surface area contributed by atoms with Crippen LogP contribution < -0.4 is 0 Å². The lowest BCUT2D eigenvalue weighted by Crippen LogP contribution is -2.36. The summed E-state index contributed by atoms with van der Waals surface area (Å²) in [5, 5.41) is 0.693. The molecule has 0 amide bonds. The number of halogens is 1. The molecular formula is C21H25ClO2S. The Hall–Kier alpha value is -1.45. The normalized spacial score (nSPS) is 13.5. The average molecular weight is 377 g/mol. The quantitative estimate of drug-likeness (QED) is 0.430. The van der Waals surface area contributed by atoms with E-state index in [1.165, 1.54) is 5.56 Å². The summed E-state index contributed by atoms with van der Waals surface area (Å²) in [4.78, 5) is 13.7. The first-order valence-electron chi connectivity index (χ1n) is 8.54. The van der Waals surface area contributed by atoms with Gasteiger partial charge in [-0.25, -0.2) is 0 Å². The van der Waals surface area contributed by atoms with Crippen molar-refractivity contribution >= 4 is 29.3 Å². The van der Waals surface area contributed by atoms with Gasteiger partial charge in [-0.1, -0.05) is 49.7 Å². The van der Waals surface area contributed by atoms with Crippen molar-refractivity contribution in [3.8, 4) is 0 Å². The van der Waals surface area contributed by atoms with E-state index in [1.807, 2.05) is 38.1 Å². The van der Waals surface area contributed by atoms with Crippen LogP contribution in [0, 0.1) is 0 Å². The first-order chi connectivity index (χ1) is 11.8. The number of esters is 1. The number of carbonyl (C=O) groups excluding carboxylic acids is 1. The lowest BCUT2D eigenvalue weighted by Gasteiger charge is -2.27. The van der Waals surface area contributed by atoms with Gasteiger partial charge in [0.1, 0.15) is 4.75 Å². The molecule has 25 heavy (non-hydrogen) atoms. The largest absolute Gasteiger partial charge is 0.465 e. The Labute approximate surface area is 159 Å². The average Bonchev–Trinajstić information content (AvgIpc) is 2.57. The Morgan fingerprint density at radius 3 is 2.24 bits per heavy atom. The van der Waals surface area contributed by atoms with E-state index in [0.717, 1.165) is 10.5 Å². The molecule has 2 aromatic carbocycles. The van der Waals surface area contributed by atoms with Crippen molar-refractivity contribution in [1.82, 2.24) is 0 Å². The minimum atomic E-state index is -0.691. The highest BCUT2D eigenvalue weighted by Crippen LogP contribution is 2.37. The van der Waals surface area contributed by atoms with Crippen molar-refractivity contribution in [2.45, 2.75) is 49.7 Å². The predicted molar refractivity (Wildman–Crippen MR) is 107 cm³/mol. The summed E-state index contributed by atoms with van der Waals surface area (Å²) in [6.45, 7) is 8.50. The van der Waals surface area contributed by atoms with Crippen LogP contribution in [0.2, 0.25) is 5.02 Å². The fourth-order valence-electron chi connectivity index (χ4n) is 2.61. The zero-order valence-electron chi connectivity index (χ0n) is 15.2. The first-order valence-corrected chi connectivity index (χ1v) is 9.74. The second-order valence-electron chi connectivity index (χ2n) is 6.58. The van der Waals surface area contributed by atoms with Crippen molar-refractivity contribution < 1.29 is 9.53 Å². The molecule has 0 N–H and O–H groups in total. The third-order valence-electron chi connectivity index (χ3n) is 4.05. The molecule has 2 rings (SSSR count). The lowest BCUT2D eigenvalue weighted by atomic mass is 10.0. The molecule has 1 unspecified atom stereocenters. The van der Waals surface area contributed by atoms with Gasteiger partial charge in [-0.2, -0.15) is 0 Å². The molecule has 4 heteroatoms. The van der Waals surface area contributed by atoms with Gasteiger partial charge in [0.05, 0.1) is 6.61 Å². The monoisotopic (exact) mass is 376 g/mol. The standard InChI is InChI=1S/C21H25ClO2S/c1-5-24-20(23)21(4,14-16-6-10-18(22)11-7-16)25-19-12-8-17(9-13-19)15(2)3/h6-13,15H,5,14H2,1-4H3. The molecule has 0 aliphatic heterocycles. The molecule has 2 aromatic rings. The molecule has 1 atom stereocenters. The van der Waals surface area contributed by atoms with Gasteiger partial charge in [-0.3, -0.25) is 4.79 Å². The predicted octanol–water partition coefficient (Wildman–Crippen LogP) is 6.12.